The van der Waals surface area contributed by atoms with Gasteiger partial charge in [0.05, 0.1) is 10.6 Å². The maximum atomic E-state index is 12.6. The molecule has 1 rings (SSSR count). The molecule has 0 aromatic heterocycles. The maximum absolute atomic E-state index is 12.6. The topological polar surface area (TPSA) is 54.4 Å². The first-order valence-electron chi connectivity index (χ1n) is 5.15. The minimum Gasteiger partial charge on any atom is -0.376 e. The van der Waals surface area contributed by atoms with Gasteiger partial charge in [-0.15, -0.1) is 0 Å². The normalized spacial score (nSPS) is 16.3. The summed E-state index contributed by atoms with van der Waals surface area (Å²) in [4.78, 5) is -0.0632. The summed E-state index contributed by atoms with van der Waals surface area (Å²) in [5.41, 5.74) is -3.40. The van der Waals surface area contributed by atoms with E-state index < -0.39 is 27.2 Å². The van der Waals surface area contributed by atoms with E-state index in [-0.39, 0.29) is 10.6 Å². The van der Waals surface area contributed by atoms with E-state index >= 15 is 0 Å². The smallest absolute Gasteiger partial charge is 0.376 e. The number of hydrogen-bond donors (Lipinski definition) is 1. The SMILES string of the molecule is CCS(=O)(=O)c1ccc(C(C)(O)C(F)(F)F)cc1. The molecule has 0 saturated heterocycles. The molecule has 18 heavy (non-hydrogen) atoms. The van der Waals surface area contributed by atoms with Gasteiger partial charge in [-0.3, -0.25) is 0 Å². The summed E-state index contributed by atoms with van der Waals surface area (Å²) in [6, 6.07) is 4.06. The van der Waals surface area contributed by atoms with Gasteiger partial charge in [0.1, 0.15) is 0 Å². The van der Waals surface area contributed by atoms with Gasteiger partial charge in [-0.2, -0.15) is 13.2 Å². The van der Waals surface area contributed by atoms with Crippen molar-refractivity contribution in [1.29, 1.82) is 0 Å². The van der Waals surface area contributed by atoms with Gasteiger partial charge in [0.15, 0.2) is 15.4 Å². The molecule has 102 valence electrons. The Morgan fingerprint density at radius 2 is 1.61 bits per heavy atom. The number of sulfone groups is 1. The van der Waals surface area contributed by atoms with Crippen molar-refractivity contribution < 1.29 is 26.7 Å². The van der Waals surface area contributed by atoms with Crippen LogP contribution in [-0.2, 0) is 15.4 Å². The predicted molar refractivity (Wildman–Crippen MR) is 59.8 cm³/mol. The minimum atomic E-state index is -4.82. The van der Waals surface area contributed by atoms with E-state index in [4.69, 9.17) is 0 Å². The average Bonchev–Trinajstić information content (AvgIpc) is 2.27. The Kier molecular flexibility index (Phi) is 3.78. The molecule has 0 saturated carbocycles. The molecule has 0 radical (unpaired) electrons. The quantitative estimate of drug-likeness (QED) is 0.925. The van der Waals surface area contributed by atoms with Gasteiger partial charge < -0.3 is 5.11 Å². The van der Waals surface area contributed by atoms with Crippen molar-refractivity contribution in [3.63, 3.8) is 0 Å². The maximum Gasteiger partial charge on any atom is 0.421 e. The first kappa shape index (κ1) is 15.0. The fraction of sp³-hybridized carbons (Fsp3) is 0.455. The lowest BCUT2D eigenvalue weighted by atomic mass is 9.96. The Labute approximate surface area is 103 Å². The van der Waals surface area contributed by atoms with Gasteiger partial charge in [0.2, 0.25) is 0 Å². The van der Waals surface area contributed by atoms with Gasteiger partial charge in [-0.05, 0) is 24.6 Å². The fourth-order valence-electron chi connectivity index (χ4n) is 1.32. The first-order valence-corrected chi connectivity index (χ1v) is 6.80. The molecule has 1 unspecified atom stereocenters. The third kappa shape index (κ3) is 2.67. The minimum absolute atomic E-state index is 0.0632. The van der Waals surface area contributed by atoms with Crippen molar-refractivity contribution in [2.75, 3.05) is 5.75 Å². The van der Waals surface area contributed by atoms with Crippen LogP contribution < -0.4 is 0 Å². The molecule has 0 spiro atoms. The van der Waals surface area contributed by atoms with Crippen molar-refractivity contribution in [2.24, 2.45) is 0 Å². The van der Waals surface area contributed by atoms with Crippen molar-refractivity contribution in [3.8, 4) is 0 Å². The van der Waals surface area contributed by atoms with Gasteiger partial charge in [-0.25, -0.2) is 8.42 Å². The van der Waals surface area contributed by atoms with E-state index in [1.165, 1.54) is 6.92 Å². The Hall–Kier alpha value is -1.08. The fourth-order valence-corrected chi connectivity index (χ4v) is 2.20. The van der Waals surface area contributed by atoms with E-state index in [9.17, 15) is 26.7 Å². The molecule has 0 aliphatic rings. The molecule has 1 atom stereocenters. The Morgan fingerprint density at radius 1 is 1.17 bits per heavy atom. The highest BCUT2D eigenvalue weighted by Crippen LogP contribution is 2.38. The number of aliphatic hydroxyl groups is 1. The summed E-state index contributed by atoms with van der Waals surface area (Å²) in [7, 11) is -3.46. The first-order chi connectivity index (χ1) is 8.02. The zero-order chi connectivity index (χ0) is 14.2. The summed E-state index contributed by atoms with van der Waals surface area (Å²) in [5, 5.41) is 9.40. The van der Waals surface area contributed by atoms with Crippen LogP contribution >= 0.6 is 0 Å². The molecule has 0 bridgehead atoms. The molecule has 7 heteroatoms. The second kappa shape index (κ2) is 4.55. The van der Waals surface area contributed by atoms with Crippen molar-refractivity contribution >= 4 is 9.84 Å². The third-order valence-electron chi connectivity index (χ3n) is 2.71. The summed E-state index contributed by atoms with van der Waals surface area (Å²) in [5.74, 6) is -0.137. The molecule has 0 amide bonds. The zero-order valence-corrected chi connectivity index (χ0v) is 10.6. The highest BCUT2D eigenvalue weighted by atomic mass is 32.2. The average molecular weight is 282 g/mol. The summed E-state index contributed by atoms with van der Waals surface area (Å²) < 4.78 is 60.6. The summed E-state index contributed by atoms with van der Waals surface area (Å²) in [6.45, 7) is 2.06. The van der Waals surface area contributed by atoms with Gasteiger partial charge in [0.25, 0.3) is 0 Å². The largest absolute Gasteiger partial charge is 0.421 e. The lowest BCUT2D eigenvalue weighted by molar-refractivity contribution is -0.258. The van der Waals surface area contributed by atoms with E-state index in [0.29, 0.717) is 6.92 Å². The van der Waals surface area contributed by atoms with E-state index in [1.54, 1.807) is 0 Å². The molecule has 0 heterocycles. The second-order valence-corrected chi connectivity index (χ2v) is 6.28. The van der Waals surface area contributed by atoms with Crippen LogP contribution in [0.3, 0.4) is 0 Å². The van der Waals surface area contributed by atoms with Gasteiger partial charge in [-0.1, -0.05) is 19.1 Å². The van der Waals surface area contributed by atoms with Gasteiger partial charge in [0, 0.05) is 0 Å². The zero-order valence-electron chi connectivity index (χ0n) is 9.82. The molecule has 3 nitrogen and oxygen atoms in total. The number of alkyl halides is 3. The van der Waals surface area contributed by atoms with Crippen molar-refractivity contribution in [3.05, 3.63) is 29.8 Å². The number of halogens is 3. The lowest BCUT2D eigenvalue weighted by Gasteiger charge is -2.26. The third-order valence-corrected chi connectivity index (χ3v) is 4.46. The highest BCUT2D eigenvalue weighted by molar-refractivity contribution is 7.91. The number of rotatable bonds is 3. The molecule has 1 N–H and O–H groups in total. The van der Waals surface area contributed by atoms with Crippen LogP contribution in [-0.4, -0.2) is 25.5 Å². The molecule has 0 aliphatic heterocycles. The molecule has 0 aliphatic carbocycles. The summed E-state index contributed by atoms with van der Waals surface area (Å²) >= 11 is 0. The highest BCUT2D eigenvalue weighted by Gasteiger charge is 2.51. The predicted octanol–water partition coefficient (Wildman–Crippen LogP) is 2.25. The van der Waals surface area contributed by atoms with Crippen LogP contribution in [0.4, 0.5) is 13.2 Å². The molecule has 1 aromatic rings. The van der Waals surface area contributed by atoms with Crippen LogP contribution in [0.1, 0.15) is 19.4 Å². The summed E-state index contributed by atoms with van der Waals surface area (Å²) in [6.07, 6.45) is -4.82. The Morgan fingerprint density at radius 3 is 1.94 bits per heavy atom. The Bertz CT molecular complexity index is 515. The van der Waals surface area contributed by atoms with E-state index in [2.05, 4.69) is 0 Å². The van der Waals surface area contributed by atoms with Crippen molar-refractivity contribution in [2.45, 2.75) is 30.5 Å². The van der Waals surface area contributed by atoms with Crippen LogP contribution in [0.25, 0.3) is 0 Å². The number of benzene rings is 1. The lowest BCUT2D eigenvalue weighted by Crippen LogP contribution is -2.39. The van der Waals surface area contributed by atoms with Crippen molar-refractivity contribution in [1.82, 2.24) is 0 Å². The van der Waals surface area contributed by atoms with Crippen LogP contribution in [0, 0.1) is 0 Å². The second-order valence-electron chi connectivity index (χ2n) is 4.00. The number of hydrogen-bond acceptors (Lipinski definition) is 3. The van der Waals surface area contributed by atoms with E-state index in [1.807, 2.05) is 0 Å². The van der Waals surface area contributed by atoms with E-state index in [0.717, 1.165) is 24.3 Å². The molecular weight excluding hydrogens is 269 g/mol. The Balaban J connectivity index is 3.20. The van der Waals surface area contributed by atoms with Crippen LogP contribution in [0.2, 0.25) is 0 Å². The van der Waals surface area contributed by atoms with Crippen LogP contribution in [0.5, 0.6) is 0 Å². The van der Waals surface area contributed by atoms with Crippen LogP contribution in [0.15, 0.2) is 29.2 Å². The molecule has 1 aromatic carbocycles. The van der Waals surface area contributed by atoms with Gasteiger partial charge >= 0.3 is 6.18 Å². The standard InChI is InChI=1S/C11H13F3O3S/c1-3-18(16,17)9-6-4-8(5-7-9)10(2,15)11(12,13)14/h4-7,15H,3H2,1-2H3. The molecule has 0 fully saturated rings. The molecular formula is C11H13F3O3S. The monoisotopic (exact) mass is 282 g/mol.